The highest BCUT2D eigenvalue weighted by Crippen LogP contribution is 2.14. The minimum absolute atomic E-state index is 0.345. The van der Waals surface area contributed by atoms with Crippen molar-refractivity contribution in [2.75, 3.05) is 0 Å². The van der Waals surface area contributed by atoms with Gasteiger partial charge in [-0.3, -0.25) is 4.79 Å². The number of allylic oxidation sites excluding steroid dienone is 2. The molecule has 0 rings (SSSR count). The van der Waals surface area contributed by atoms with E-state index in [9.17, 15) is 4.79 Å². The van der Waals surface area contributed by atoms with Crippen LogP contribution in [-0.4, -0.2) is 5.24 Å². The monoisotopic (exact) mass is 314 g/mol. The minimum Gasteiger partial charge on any atom is -0.276 e. The van der Waals surface area contributed by atoms with Gasteiger partial charge < -0.3 is 0 Å². The van der Waals surface area contributed by atoms with Gasteiger partial charge in [-0.1, -0.05) is 89.5 Å². The molecular weight excluding hydrogens is 280 g/mol. The van der Waals surface area contributed by atoms with Crippen molar-refractivity contribution in [3.63, 3.8) is 0 Å². The zero-order valence-electron chi connectivity index (χ0n) is 14.3. The fraction of sp³-hybridized carbons (Fsp3) is 0.842. The van der Waals surface area contributed by atoms with Crippen LogP contribution in [0.3, 0.4) is 0 Å². The van der Waals surface area contributed by atoms with E-state index in [0.717, 1.165) is 12.0 Å². The smallest absolute Gasteiger partial charge is 0.245 e. The zero-order chi connectivity index (χ0) is 15.8. The molecule has 124 valence electrons. The van der Waals surface area contributed by atoms with Crippen LogP contribution in [0, 0.1) is 0 Å². The van der Waals surface area contributed by atoms with Gasteiger partial charge in [-0.15, -0.1) is 0 Å². The second kappa shape index (κ2) is 16.1. The molecule has 0 radical (unpaired) electrons. The molecule has 0 aromatic heterocycles. The van der Waals surface area contributed by atoms with E-state index in [2.05, 4.69) is 6.92 Å². The first-order chi connectivity index (χ1) is 10.2. The normalized spacial score (nSPS) is 11.9. The number of halogens is 1. The fourth-order valence-corrected chi connectivity index (χ4v) is 2.87. The molecular formula is C19H35ClO. The Bertz CT molecular complexity index is 271. The molecule has 0 aromatic carbocycles. The molecule has 0 amide bonds. The third-order valence-corrected chi connectivity index (χ3v) is 4.14. The van der Waals surface area contributed by atoms with Crippen LogP contribution < -0.4 is 0 Å². The fourth-order valence-electron chi connectivity index (χ4n) is 2.69. The van der Waals surface area contributed by atoms with Gasteiger partial charge in [-0.2, -0.15) is 0 Å². The third kappa shape index (κ3) is 17.6. The second-order valence-corrected chi connectivity index (χ2v) is 6.66. The van der Waals surface area contributed by atoms with Gasteiger partial charge in [0.05, 0.1) is 0 Å². The summed E-state index contributed by atoms with van der Waals surface area (Å²) >= 11 is 5.32. The number of hydrogen-bond acceptors (Lipinski definition) is 1. The highest BCUT2D eigenvalue weighted by Gasteiger charge is 1.96. The van der Waals surface area contributed by atoms with Crippen molar-refractivity contribution in [1.82, 2.24) is 0 Å². The van der Waals surface area contributed by atoms with Crippen LogP contribution in [0.1, 0.15) is 104 Å². The van der Waals surface area contributed by atoms with E-state index in [1.165, 1.54) is 83.5 Å². The number of rotatable bonds is 15. The zero-order valence-corrected chi connectivity index (χ0v) is 15.0. The highest BCUT2D eigenvalue weighted by atomic mass is 35.5. The summed E-state index contributed by atoms with van der Waals surface area (Å²) in [4.78, 5) is 10.7. The van der Waals surface area contributed by atoms with Gasteiger partial charge in [-0.25, -0.2) is 0 Å². The summed E-state index contributed by atoms with van der Waals surface area (Å²) in [5.41, 5.74) is 1.11. The van der Waals surface area contributed by atoms with Crippen LogP contribution in [0.4, 0.5) is 0 Å². The summed E-state index contributed by atoms with van der Waals surface area (Å²) in [7, 11) is 0. The van der Waals surface area contributed by atoms with Crippen LogP contribution >= 0.6 is 11.6 Å². The molecule has 0 aliphatic heterocycles. The first-order valence-corrected chi connectivity index (χ1v) is 9.41. The van der Waals surface area contributed by atoms with Crippen LogP contribution in [0.5, 0.6) is 0 Å². The lowest BCUT2D eigenvalue weighted by atomic mass is 10.0. The molecule has 0 aromatic rings. The summed E-state index contributed by atoms with van der Waals surface area (Å²) in [6.45, 7) is 4.26. The van der Waals surface area contributed by atoms with Crippen LogP contribution in [0.15, 0.2) is 11.6 Å². The molecule has 0 saturated heterocycles. The van der Waals surface area contributed by atoms with Crippen molar-refractivity contribution < 1.29 is 4.79 Å². The van der Waals surface area contributed by atoms with Gasteiger partial charge in [0.25, 0.3) is 0 Å². The second-order valence-electron chi connectivity index (χ2n) is 6.29. The standard InChI is InChI=1S/C19H35ClO/c1-3-4-5-6-7-8-9-10-11-12-13-14-15-16-18(2)17-19(20)21/h17H,3-16H2,1-2H3/b18-17+. The SMILES string of the molecule is CCCCCCCCCCCCCCC/C(C)=C/C(=O)Cl. The van der Waals surface area contributed by atoms with Crippen molar-refractivity contribution in [3.05, 3.63) is 11.6 Å². The van der Waals surface area contributed by atoms with E-state index >= 15 is 0 Å². The quantitative estimate of drug-likeness (QED) is 0.178. The van der Waals surface area contributed by atoms with Crippen molar-refractivity contribution in [3.8, 4) is 0 Å². The average molecular weight is 315 g/mol. The van der Waals surface area contributed by atoms with Gasteiger partial charge in [0, 0.05) is 0 Å². The first kappa shape index (κ1) is 20.7. The molecule has 0 aliphatic rings. The molecule has 0 heterocycles. The predicted molar refractivity (Wildman–Crippen MR) is 94.9 cm³/mol. The van der Waals surface area contributed by atoms with E-state index in [-0.39, 0.29) is 5.24 Å². The minimum atomic E-state index is -0.345. The lowest BCUT2D eigenvalue weighted by Crippen LogP contribution is -1.85. The van der Waals surface area contributed by atoms with E-state index in [1.54, 1.807) is 6.08 Å². The molecule has 0 atom stereocenters. The van der Waals surface area contributed by atoms with Crippen molar-refractivity contribution in [1.29, 1.82) is 0 Å². The molecule has 0 saturated carbocycles. The molecule has 0 fully saturated rings. The van der Waals surface area contributed by atoms with Crippen LogP contribution in [0.25, 0.3) is 0 Å². The summed E-state index contributed by atoms with van der Waals surface area (Å²) < 4.78 is 0. The van der Waals surface area contributed by atoms with Crippen molar-refractivity contribution >= 4 is 16.8 Å². The average Bonchev–Trinajstić information content (AvgIpc) is 2.43. The van der Waals surface area contributed by atoms with E-state index in [1.807, 2.05) is 6.92 Å². The van der Waals surface area contributed by atoms with E-state index in [0.29, 0.717) is 0 Å². The lowest BCUT2D eigenvalue weighted by Gasteiger charge is -2.03. The molecule has 0 aliphatic carbocycles. The Morgan fingerprint density at radius 1 is 0.762 bits per heavy atom. The van der Waals surface area contributed by atoms with Gasteiger partial charge >= 0.3 is 0 Å². The topological polar surface area (TPSA) is 17.1 Å². The first-order valence-electron chi connectivity index (χ1n) is 9.03. The summed E-state index contributed by atoms with van der Waals surface area (Å²) in [6, 6.07) is 0. The molecule has 1 nitrogen and oxygen atoms in total. The molecule has 0 unspecified atom stereocenters. The van der Waals surface area contributed by atoms with E-state index in [4.69, 9.17) is 11.6 Å². The Morgan fingerprint density at radius 3 is 1.52 bits per heavy atom. The van der Waals surface area contributed by atoms with Gasteiger partial charge in [0.15, 0.2) is 0 Å². The Balaban J connectivity index is 3.14. The maximum atomic E-state index is 10.7. The molecule has 2 heteroatoms. The maximum Gasteiger partial charge on any atom is 0.245 e. The molecule has 0 spiro atoms. The highest BCUT2D eigenvalue weighted by molar-refractivity contribution is 6.66. The third-order valence-electron chi connectivity index (χ3n) is 4.03. The summed E-state index contributed by atoms with van der Waals surface area (Å²) in [5, 5.41) is -0.345. The van der Waals surface area contributed by atoms with Crippen LogP contribution in [-0.2, 0) is 4.79 Å². The molecule has 0 bridgehead atoms. The Kier molecular flexibility index (Phi) is 15.8. The number of unbranched alkanes of at least 4 members (excludes halogenated alkanes) is 12. The lowest BCUT2D eigenvalue weighted by molar-refractivity contribution is -0.107. The van der Waals surface area contributed by atoms with E-state index < -0.39 is 0 Å². The van der Waals surface area contributed by atoms with Crippen molar-refractivity contribution in [2.45, 2.75) is 104 Å². The molecule has 0 N–H and O–H groups in total. The summed E-state index contributed by atoms with van der Waals surface area (Å²) in [5.74, 6) is 0. The van der Waals surface area contributed by atoms with Gasteiger partial charge in [0.1, 0.15) is 0 Å². The Morgan fingerprint density at radius 2 is 1.14 bits per heavy atom. The Hall–Kier alpha value is -0.300. The van der Waals surface area contributed by atoms with Gasteiger partial charge in [-0.05, 0) is 37.4 Å². The van der Waals surface area contributed by atoms with Crippen LogP contribution in [0.2, 0.25) is 0 Å². The number of carbonyl (C=O) groups excluding carboxylic acids is 1. The number of hydrogen-bond donors (Lipinski definition) is 0. The largest absolute Gasteiger partial charge is 0.276 e. The maximum absolute atomic E-state index is 10.7. The summed E-state index contributed by atoms with van der Waals surface area (Å²) in [6.07, 6.45) is 20.4. The van der Waals surface area contributed by atoms with Crippen molar-refractivity contribution in [2.24, 2.45) is 0 Å². The molecule has 21 heavy (non-hydrogen) atoms. The number of carbonyl (C=O) groups is 1. The van der Waals surface area contributed by atoms with Gasteiger partial charge in [0.2, 0.25) is 5.24 Å². The Labute approximate surface area is 137 Å². The predicted octanol–water partition coefficient (Wildman–Crippen LogP) is 7.18.